The number of esters is 3. The van der Waals surface area contributed by atoms with E-state index in [1.165, 1.54) is 19.1 Å². The van der Waals surface area contributed by atoms with Gasteiger partial charge in [0.15, 0.2) is 6.61 Å². The van der Waals surface area contributed by atoms with Crippen LogP contribution in [-0.2, 0) is 23.7 Å². The highest BCUT2D eigenvalue weighted by Crippen LogP contribution is 2.34. The molecule has 1 aromatic heterocycles. The van der Waals surface area contributed by atoms with Crippen LogP contribution in [0.25, 0.3) is 0 Å². The van der Waals surface area contributed by atoms with Gasteiger partial charge in [0.2, 0.25) is 0 Å². The molecule has 14 heteroatoms. The van der Waals surface area contributed by atoms with Gasteiger partial charge in [-0.1, -0.05) is 0 Å². The van der Waals surface area contributed by atoms with Gasteiger partial charge in [-0.2, -0.15) is 0 Å². The van der Waals surface area contributed by atoms with Crippen molar-refractivity contribution in [3.8, 4) is 0 Å². The van der Waals surface area contributed by atoms with Gasteiger partial charge in [-0.3, -0.25) is 14.9 Å². The number of non-ortho nitro benzene ring substituents is 1. The standard InChI is InChI=1S/C24H27N3O10S/c1-4-35-23(30)19-14(3)20(24(31)36-5-2)38-21(19)25-18(28)13-37-22(29)16-12-15(27(32)33)6-7-17(16)26-8-10-34-11-9-26/h6-7,12H,4-5,8-11,13H2,1-3H3,(H,25,28). The van der Waals surface area contributed by atoms with E-state index in [0.717, 1.165) is 17.4 Å². The van der Waals surface area contributed by atoms with Crippen LogP contribution >= 0.6 is 11.3 Å². The summed E-state index contributed by atoms with van der Waals surface area (Å²) in [6.07, 6.45) is 0. The van der Waals surface area contributed by atoms with Gasteiger partial charge in [-0.25, -0.2) is 14.4 Å². The Balaban J connectivity index is 1.79. The van der Waals surface area contributed by atoms with Gasteiger partial charge < -0.3 is 29.2 Å². The summed E-state index contributed by atoms with van der Waals surface area (Å²) in [5, 5.41) is 13.8. The van der Waals surface area contributed by atoms with Crippen molar-refractivity contribution in [1.29, 1.82) is 0 Å². The molecule has 2 heterocycles. The highest BCUT2D eigenvalue weighted by Gasteiger charge is 2.28. The zero-order chi connectivity index (χ0) is 27.8. The van der Waals surface area contributed by atoms with Gasteiger partial charge in [-0.15, -0.1) is 11.3 Å². The van der Waals surface area contributed by atoms with E-state index in [1.54, 1.807) is 13.8 Å². The van der Waals surface area contributed by atoms with E-state index in [4.69, 9.17) is 18.9 Å². The van der Waals surface area contributed by atoms with Gasteiger partial charge in [0.05, 0.1) is 48.2 Å². The number of nitrogens with zero attached hydrogens (tertiary/aromatic N) is 2. The summed E-state index contributed by atoms with van der Waals surface area (Å²) >= 11 is 0.832. The zero-order valence-corrected chi connectivity index (χ0v) is 21.9. The number of thiophene rings is 1. The summed E-state index contributed by atoms with van der Waals surface area (Å²) in [5.74, 6) is -3.13. The molecule has 1 amide bonds. The molecule has 1 N–H and O–H groups in total. The number of benzene rings is 1. The predicted octanol–water partition coefficient (Wildman–Crippen LogP) is 2.95. The van der Waals surface area contributed by atoms with E-state index in [-0.39, 0.29) is 45.5 Å². The van der Waals surface area contributed by atoms with Crippen LogP contribution in [0.3, 0.4) is 0 Å². The predicted molar refractivity (Wildman–Crippen MR) is 136 cm³/mol. The van der Waals surface area contributed by atoms with Crippen molar-refractivity contribution < 1.29 is 43.0 Å². The Morgan fingerprint density at radius 2 is 1.71 bits per heavy atom. The van der Waals surface area contributed by atoms with Crippen molar-refractivity contribution in [3.05, 3.63) is 49.9 Å². The molecular weight excluding hydrogens is 522 g/mol. The largest absolute Gasteiger partial charge is 0.462 e. The molecule has 0 unspecified atom stereocenters. The fraction of sp³-hybridized carbons (Fsp3) is 0.417. The maximum atomic E-state index is 12.9. The third kappa shape index (κ3) is 6.63. The average molecular weight is 550 g/mol. The molecule has 1 saturated heterocycles. The molecule has 0 aliphatic carbocycles. The first kappa shape index (κ1) is 28.5. The number of nitro groups is 1. The number of carbonyl (C=O) groups is 4. The molecular formula is C24H27N3O10S. The number of hydrogen-bond donors (Lipinski definition) is 1. The molecule has 38 heavy (non-hydrogen) atoms. The van der Waals surface area contributed by atoms with E-state index < -0.39 is 35.3 Å². The summed E-state index contributed by atoms with van der Waals surface area (Å²) in [5.41, 5.74) is 0.316. The second-order valence-corrected chi connectivity index (χ2v) is 8.90. The highest BCUT2D eigenvalue weighted by atomic mass is 32.1. The van der Waals surface area contributed by atoms with Gasteiger partial charge in [-0.05, 0) is 32.4 Å². The molecule has 1 aliphatic heterocycles. The Morgan fingerprint density at radius 1 is 1.05 bits per heavy atom. The fourth-order valence-corrected chi connectivity index (χ4v) is 4.80. The number of morpholine rings is 1. The molecule has 204 valence electrons. The highest BCUT2D eigenvalue weighted by molar-refractivity contribution is 7.18. The van der Waals surface area contributed by atoms with Crippen molar-refractivity contribution >= 4 is 51.5 Å². The Morgan fingerprint density at radius 3 is 2.34 bits per heavy atom. The molecule has 13 nitrogen and oxygen atoms in total. The minimum atomic E-state index is -0.939. The molecule has 0 radical (unpaired) electrons. The second-order valence-electron chi connectivity index (χ2n) is 7.88. The number of amides is 1. The number of ether oxygens (including phenoxy) is 4. The molecule has 0 spiro atoms. The fourth-order valence-electron chi connectivity index (χ4n) is 3.69. The molecule has 1 aliphatic rings. The molecule has 2 aromatic rings. The number of hydrogen-bond acceptors (Lipinski definition) is 12. The number of carbonyl (C=O) groups excluding carboxylic acids is 4. The van der Waals surface area contributed by atoms with E-state index in [1.807, 2.05) is 4.90 Å². The molecule has 3 rings (SSSR count). The molecule has 0 saturated carbocycles. The second kappa shape index (κ2) is 13.0. The smallest absolute Gasteiger partial charge is 0.348 e. The summed E-state index contributed by atoms with van der Waals surface area (Å²) in [4.78, 5) is 63.0. The first-order valence-corrected chi connectivity index (χ1v) is 12.5. The zero-order valence-electron chi connectivity index (χ0n) is 21.1. The maximum absolute atomic E-state index is 12.9. The van der Waals surface area contributed by atoms with Gasteiger partial charge >= 0.3 is 17.9 Å². The van der Waals surface area contributed by atoms with Crippen molar-refractivity contribution in [1.82, 2.24) is 0 Å². The van der Waals surface area contributed by atoms with E-state index in [2.05, 4.69) is 5.32 Å². The molecule has 0 atom stereocenters. The van der Waals surface area contributed by atoms with Crippen LogP contribution in [-0.4, -0.2) is 74.9 Å². The summed E-state index contributed by atoms with van der Waals surface area (Å²) in [6, 6.07) is 3.83. The Hall–Kier alpha value is -4.04. The third-order valence-electron chi connectivity index (χ3n) is 5.44. The monoisotopic (exact) mass is 549 g/mol. The van der Waals surface area contributed by atoms with Crippen LogP contribution in [0.1, 0.15) is 49.8 Å². The number of nitro benzene ring substituents is 1. The number of rotatable bonds is 10. The van der Waals surface area contributed by atoms with Gasteiger partial charge in [0.1, 0.15) is 9.88 Å². The van der Waals surface area contributed by atoms with Gasteiger partial charge in [0, 0.05) is 25.2 Å². The van der Waals surface area contributed by atoms with Crippen molar-refractivity contribution in [2.24, 2.45) is 0 Å². The topological polar surface area (TPSA) is 164 Å². The van der Waals surface area contributed by atoms with Gasteiger partial charge in [0.25, 0.3) is 11.6 Å². The normalized spacial score (nSPS) is 13.0. The summed E-state index contributed by atoms with van der Waals surface area (Å²) in [7, 11) is 0. The first-order chi connectivity index (χ1) is 18.2. The van der Waals surface area contributed by atoms with E-state index in [0.29, 0.717) is 32.0 Å². The van der Waals surface area contributed by atoms with Crippen molar-refractivity contribution in [2.45, 2.75) is 20.8 Å². The lowest BCUT2D eigenvalue weighted by molar-refractivity contribution is -0.384. The summed E-state index contributed by atoms with van der Waals surface area (Å²) in [6.45, 7) is 5.99. The maximum Gasteiger partial charge on any atom is 0.348 e. The third-order valence-corrected chi connectivity index (χ3v) is 6.62. The van der Waals surface area contributed by atoms with Crippen LogP contribution in [0, 0.1) is 17.0 Å². The molecule has 1 fully saturated rings. The minimum absolute atomic E-state index is 0.00660. The van der Waals surface area contributed by atoms with E-state index in [9.17, 15) is 29.3 Å². The number of nitrogens with one attached hydrogen (secondary N) is 1. The van der Waals surface area contributed by atoms with E-state index >= 15 is 0 Å². The lowest BCUT2D eigenvalue weighted by Gasteiger charge is -2.30. The Kier molecular flexibility index (Phi) is 9.73. The van der Waals surface area contributed by atoms with Crippen LogP contribution in [0.4, 0.5) is 16.4 Å². The quantitative estimate of drug-likeness (QED) is 0.200. The van der Waals surface area contributed by atoms with Crippen molar-refractivity contribution in [2.75, 3.05) is 56.3 Å². The SMILES string of the molecule is CCOC(=O)c1sc(NC(=O)COC(=O)c2cc([N+](=O)[O-])ccc2N2CCOCC2)c(C(=O)OCC)c1C. The lowest BCUT2D eigenvalue weighted by Crippen LogP contribution is -2.37. The lowest BCUT2D eigenvalue weighted by atomic mass is 10.1. The number of anilines is 2. The summed E-state index contributed by atoms with van der Waals surface area (Å²) < 4.78 is 20.6. The van der Waals surface area contributed by atoms with Crippen LogP contribution < -0.4 is 10.2 Å². The van der Waals surface area contributed by atoms with Crippen LogP contribution in [0.15, 0.2) is 18.2 Å². The Bertz CT molecular complexity index is 1240. The molecule has 1 aromatic carbocycles. The van der Waals surface area contributed by atoms with Crippen molar-refractivity contribution in [3.63, 3.8) is 0 Å². The van der Waals surface area contributed by atoms with Crippen LogP contribution in [0.5, 0.6) is 0 Å². The van der Waals surface area contributed by atoms with Crippen LogP contribution in [0.2, 0.25) is 0 Å². The Labute approximate surface area is 221 Å². The average Bonchev–Trinajstić information content (AvgIpc) is 3.23. The molecule has 0 bridgehead atoms. The minimum Gasteiger partial charge on any atom is -0.462 e. The first-order valence-electron chi connectivity index (χ1n) is 11.7.